The fourth-order valence-corrected chi connectivity index (χ4v) is 1.53. The number of aliphatic imine (C=N–C) groups is 1. The Hall–Kier alpha value is -1.64. The molecule has 0 aliphatic heterocycles. The second-order valence-electron chi connectivity index (χ2n) is 4.88. The van der Waals surface area contributed by atoms with Crippen LogP contribution in [0, 0.1) is 0 Å². The summed E-state index contributed by atoms with van der Waals surface area (Å²) < 4.78 is 0. The maximum atomic E-state index is 4.35. The molecule has 0 saturated heterocycles. The Balaban J connectivity index is 2.72. The summed E-state index contributed by atoms with van der Waals surface area (Å²) in [6, 6.07) is 6.72. The molecule has 0 saturated carbocycles. The highest BCUT2D eigenvalue weighted by Gasteiger charge is 2.01. The molecule has 1 heterocycles. The van der Waals surface area contributed by atoms with E-state index in [2.05, 4.69) is 43.0 Å². The lowest BCUT2D eigenvalue weighted by molar-refractivity contribution is 0.653. The number of rotatable bonds is 6. The van der Waals surface area contributed by atoms with Crippen molar-refractivity contribution in [2.45, 2.75) is 46.2 Å². The van der Waals surface area contributed by atoms with E-state index < -0.39 is 0 Å². The van der Waals surface area contributed by atoms with Crippen LogP contribution in [-0.4, -0.2) is 23.3 Å². The van der Waals surface area contributed by atoms with E-state index >= 15 is 0 Å². The Morgan fingerprint density at radius 3 is 2.67 bits per heavy atom. The van der Waals surface area contributed by atoms with Crippen molar-refractivity contribution in [3.8, 4) is 0 Å². The van der Waals surface area contributed by atoms with Crippen molar-refractivity contribution in [3.63, 3.8) is 0 Å². The fourth-order valence-electron chi connectivity index (χ4n) is 1.53. The molecule has 0 bridgehead atoms. The summed E-state index contributed by atoms with van der Waals surface area (Å²) in [7, 11) is 0. The third kappa shape index (κ3) is 6.18. The van der Waals surface area contributed by atoms with E-state index in [0.29, 0.717) is 12.1 Å². The molecule has 1 aromatic rings. The molecule has 1 rings (SSSR count). The Bertz CT molecular complexity index is 391. The molecule has 0 aromatic carbocycles. The molecule has 0 amide bonds. The van der Waals surface area contributed by atoms with E-state index in [-0.39, 0.29) is 0 Å². The Kier molecular flexibility index (Phi) is 6.12. The zero-order valence-corrected chi connectivity index (χ0v) is 11.7. The molecule has 0 aliphatic rings. The van der Waals surface area contributed by atoms with Crippen LogP contribution in [0.4, 0.5) is 0 Å². The van der Waals surface area contributed by atoms with Gasteiger partial charge in [-0.1, -0.05) is 6.07 Å². The third-order valence-corrected chi connectivity index (χ3v) is 2.23. The van der Waals surface area contributed by atoms with Gasteiger partial charge in [0.2, 0.25) is 0 Å². The minimum absolute atomic E-state index is 0.330. The normalized spacial score (nSPS) is 12.7. The lowest BCUT2D eigenvalue weighted by Crippen LogP contribution is -2.23. The number of hydrogen-bond acceptors (Lipinski definition) is 3. The summed E-state index contributed by atoms with van der Waals surface area (Å²) in [6.45, 7) is 8.40. The maximum Gasteiger partial charge on any atom is 0.0462 e. The van der Waals surface area contributed by atoms with E-state index in [9.17, 15) is 0 Å². The third-order valence-electron chi connectivity index (χ3n) is 2.23. The molecule has 1 N–H and O–H groups in total. The molecule has 3 heteroatoms. The smallest absolute Gasteiger partial charge is 0.0462 e. The zero-order valence-electron chi connectivity index (χ0n) is 11.7. The van der Waals surface area contributed by atoms with Crippen LogP contribution in [-0.2, 0) is 6.42 Å². The minimum atomic E-state index is 0.330. The van der Waals surface area contributed by atoms with Crippen molar-refractivity contribution in [2.75, 3.05) is 0 Å². The van der Waals surface area contributed by atoms with Gasteiger partial charge in [0, 0.05) is 42.3 Å². The van der Waals surface area contributed by atoms with Gasteiger partial charge in [0.25, 0.3) is 0 Å². The molecule has 1 aromatic heterocycles. The van der Waals surface area contributed by atoms with Gasteiger partial charge in [0.05, 0.1) is 0 Å². The molecule has 0 fully saturated rings. The number of aromatic nitrogens is 1. The number of hydrogen-bond donors (Lipinski definition) is 1. The highest BCUT2D eigenvalue weighted by Crippen LogP contribution is 2.03. The quantitative estimate of drug-likeness (QED) is 0.782. The van der Waals surface area contributed by atoms with Gasteiger partial charge in [-0.2, -0.15) is 0 Å². The topological polar surface area (TPSA) is 37.3 Å². The van der Waals surface area contributed by atoms with Gasteiger partial charge < -0.3 is 5.32 Å². The van der Waals surface area contributed by atoms with Crippen LogP contribution in [0.25, 0.3) is 0 Å². The number of allylic oxidation sites excluding steroid dienone is 2. The first-order valence-electron chi connectivity index (χ1n) is 6.46. The fraction of sp³-hybridized carbons (Fsp3) is 0.467. The highest BCUT2D eigenvalue weighted by atomic mass is 14.9. The summed E-state index contributed by atoms with van der Waals surface area (Å²) in [5, 5.41) is 3.43. The van der Waals surface area contributed by atoms with Crippen LogP contribution >= 0.6 is 0 Å². The number of nitrogens with zero attached hydrogens (tertiary/aromatic N) is 2. The van der Waals surface area contributed by atoms with Crippen molar-refractivity contribution in [1.29, 1.82) is 0 Å². The van der Waals surface area contributed by atoms with E-state index in [1.165, 1.54) is 0 Å². The summed E-state index contributed by atoms with van der Waals surface area (Å²) in [5.74, 6) is 0. The number of pyridine rings is 1. The molecule has 0 atom stereocenters. The molecule has 3 nitrogen and oxygen atoms in total. The first-order chi connectivity index (χ1) is 8.58. The second kappa shape index (κ2) is 7.64. The second-order valence-corrected chi connectivity index (χ2v) is 4.88. The van der Waals surface area contributed by atoms with E-state index in [0.717, 1.165) is 17.8 Å². The average Bonchev–Trinajstić information content (AvgIpc) is 2.28. The lowest BCUT2D eigenvalue weighted by atomic mass is 10.2. The molecule has 0 unspecified atom stereocenters. The molecule has 98 valence electrons. The predicted octanol–water partition coefficient (Wildman–Crippen LogP) is 2.99. The van der Waals surface area contributed by atoms with Gasteiger partial charge in [-0.25, -0.2) is 0 Å². The SMILES string of the molecule is CC(C)N=C/C=C(\Cc1ccccn1)NC(C)C. The molecule has 0 radical (unpaired) electrons. The van der Waals surface area contributed by atoms with Crippen molar-refractivity contribution in [2.24, 2.45) is 4.99 Å². The maximum absolute atomic E-state index is 4.35. The van der Waals surface area contributed by atoms with Crippen molar-refractivity contribution < 1.29 is 0 Å². The van der Waals surface area contributed by atoms with Gasteiger partial charge >= 0.3 is 0 Å². The van der Waals surface area contributed by atoms with Gasteiger partial charge in [-0.3, -0.25) is 9.98 Å². The van der Waals surface area contributed by atoms with E-state index in [4.69, 9.17) is 0 Å². The number of nitrogens with one attached hydrogen (secondary N) is 1. The predicted molar refractivity (Wildman–Crippen MR) is 77.9 cm³/mol. The molecular formula is C15H23N3. The van der Waals surface area contributed by atoms with Gasteiger partial charge in [0.1, 0.15) is 0 Å². The standard InChI is InChI=1S/C15H23N3/c1-12(2)16-10-8-15(18-13(3)4)11-14-7-5-6-9-17-14/h5-10,12-13,18H,11H2,1-4H3/b15-8+,16-10?. The summed E-state index contributed by atoms with van der Waals surface area (Å²) in [5.41, 5.74) is 2.21. The van der Waals surface area contributed by atoms with Crippen LogP contribution in [0.5, 0.6) is 0 Å². The lowest BCUT2D eigenvalue weighted by Gasteiger charge is -2.13. The first kappa shape index (κ1) is 14.4. The van der Waals surface area contributed by atoms with Crippen LogP contribution in [0.15, 0.2) is 41.2 Å². The van der Waals surface area contributed by atoms with Gasteiger partial charge in [-0.15, -0.1) is 0 Å². The van der Waals surface area contributed by atoms with Crippen LogP contribution in [0.1, 0.15) is 33.4 Å². The van der Waals surface area contributed by atoms with Gasteiger partial charge in [-0.05, 0) is 45.9 Å². The zero-order chi connectivity index (χ0) is 13.4. The summed E-state index contributed by atoms with van der Waals surface area (Å²) in [4.78, 5) is 8.70. The Labute approximate surface area is 110 Å². The highest BCUT2D eigenvalue weighted by molar-refractivity contribution is 5.72. The molecule has 0 spiro atoms. The monoisotopic (exact) mass is 245 g/mol. The van der Waals surface area contributed by atoms with Crippen LogP contribution in [0.3, 0.4) is 0 Å². The van der Waals surface area contributed by atoms with Gasteiger partial charge in [0.15, 0.2) is 0 Å². The Morgan fingerprint density at radius 1 is 1.33 bits per heavy atom. The molecule has 18 heavy (non-hydrogen) atoms. The first-order valence-corrected chi connectivity index (χ1v) is 6.46. The van der Waals surface area contributed by atoms with Crippen molar-refractivity contribution in [1.82, 2.24) is 10.3 Å². The van der Waals surface area contributed by atoms with Crippen LogP contribution in [0.2, 0.25) is 0 Å². The van der Waals surface area contributed by atoms with E-state index in [1.807, 2.05) is 36.7 Å². The van der Waals surface area contributed by atoms with Crippen molar-refractivity contribution in [3.05, 3.63) is 41.9 Å². The van der Waals surface area contributed by atoms with E-state index in [1.54, 1.807) is 0 Å². The Morgan fingerprint density at radius 2 is 2.11 bits per heavy atom. The summed E-state index contributed by atoms with van der Waals surface area (Å²) >= 11 is 0. The van der Waals surface area contributed by atoms with Crippen molar-refractivity contribution >= 4 is 6.21 Å². The summed E-state index contributed by atoms with van der Waals surface area (Å²) in [6.07, 6.45) is 6.54. The largest absolute Gasteiger partial charge is 0.386 e. The average molecular weight is 245 g/mol. The molecular weight excluding hydrogens is 222 g/mol. The molecule has 0 aliphatic carbocycles. The minimum Gasteiger partial charge on any atom is -0.386 e. The van der Waals surface area contributed by atoms with Crippen LogP contribution < -0.4 is 5.32 Å².